The number of ether oxygens (including phenoxy) is 1. The average Bonchev–Trinajstić information content (AvgIpc) is 3.75. The molecule has 0 aliphatic carbocycles. The van der Waals surface area contributed by atoms with Gasteiger partial charge in [-0.25, -0.2) is 0 Å². The molecule has 0 bridgehead atoms. The van der Waals surface area contributed by atoms with Crippen molar-refractivity contribution in [2.45, 2.75) is 63.2 Å². The molecule has 1 fully saturated rings. The molecule has 4 atom stereocenters. The lowest BCUT2D eigenvalue weighted by Gasteiger charge is -2.31. The van der Waals surface area contributed by atoms with Gasteiger partial charge in [0.15, 0.2) is 5.60 Å². The maximum atomic E-state index is 16.6. The lowest BCUT2D eigenvalue weighted by Crippen LogP contribution is -2.45. The molecule has 11 heteroatoms. The van der Waals surface area contributed by atoms with Crippen molar-refractivity contribution in [2.75, 3.05) is 23.4 Å². The van der Waals surface area contributed by atoms with Crippen LogP contribution in [-0.2, 0) is 44.2 Å². The second-order valence-electron chi connectivity index (χ2n) is 14.7. The highest BCUT2D eigenvalue weighted by molar-refractivity contribution is 6.72. The number of hydrogen-bond acceptors (Lipinski definition) is 5. The molecular weight excluding hydrogens is 688 g/mol. The number of carbonyl (C=O) groups excluding carboxylic acids is 3. The predicted octanol–water partition coefficient (Wildman–Crippen LogP) is 7.08. The van der Waals surface area contributed by atoms with E-state index in [1.807, 2.05) is 104 Å². The fourth-order valence-corrected chi connectivity index (χ4v) is 10.9. The Hall–Kier alpha value is -5.10. The third-order valence-electron chi connectivity index (χ3n) is 10.8. The molecule has 0 unspecified atom stereocenters. The van der Waals surface area contributed by atoms with Gasteiger partial charge in [-0.2, -0.15) is 0 Å². The Balaban J connectivity index is 1.23. The molecule has 1 spiro atoms. The Labute approximate surface area is 310 Å². The maximum absolute atomic E-state index is 16.6. The van der Waals surface area contributed by atoms with E-state index in [1.54, 1.807) is 35.0 Å². The van der Waals surface area contributed by atoms with Crippen molar-refractivity contribution in [1.82, 2.24) is 9.88 Å². The zero-order valence-corrected chi connectivity index (χ0v) is 31.2. The quantitative estimate of drug-likeness (QED) is 0.0938. The number of hydrogen-bond donors (Lipinski definition) is 3. The van der Waals surface area contributed by atoms with Crippen molar-refractivity contribution in [3.05, 3.63) is 132 Å². The highest BCUT2D eigenvalue weighted by Gasteiger charge is 2.67. The first-order valence-corrected chi connectivity index (χ1v) is 21.1. The molecule has 3 heterocycles. The number of aromatic amines is 1. The molecule has 7 rings (SSSR count). The van der Waals surface area contributed by atoms with Crippen LogP contribution in [0.5, 0.6) is 0 Å². The van der Waals surface area contributed by atoms with Gasteiger partial charge in [-0.15, -0.1) is 0 Å². The molecule has 3 amide bonds. The lowest BCUT2D eigenvalue weighted by molar-refractivity contribution is -0.150. The summed E-state index contributed by atoms with van der Waals surface area (Å²) in [6.45, 7) is 5.49. The van der Waals surface area contributed by atoms with E-state index in [0.717, 1.165) is 27.6 Å². The zero-order chi connectivity index (χ0) is 37.3. The van der Waals surface area contributed by atoms with Crippen LogP contribution >= 0.6 is 0 Å². The summed E-state index contributed by atoms with van der Waals surface area (Å²) >= 11 is 0. The molecule has 4 aromatic carbocycles. The number of anilines is 2. The van der Waals surface area contributed by atoms with Gasteiger partial charge in [-0.3, -0.25) is 14.4 Å². The number of fused-ring (bicyclic) bond motifs is 3. The number of aliphatic hydroxyl groups is 1. The Morgan fingerprint density at radius 3 is 2.36 bits per heavy atom. The average molecular weight is 733 g/mol. The summed E-state index contributed by atoms with van der Waals surface area (Å²) in [4.78, 5) is 48.8. The lowest BCUT2D eigenvalue weighted by atomic mass is 9.82. The van der Waals surface area contributed by atoms with Crippen molar-refractivity contribution >= 4 is 48.4 Å². The minimum atomic E-state index is -3.57. The molecule has 3 N–H and O–H groups in total. The van der Waals surface area contributed by atoms with Gasteiger partial charge in [0.2, 0.25) is 20.2 Å². The fraction of sp³-hybridized carbons (Fsp3) is 0.310. The number of nitrogens with one attached hydrogen (secondary N) is 2. The summed E-state index contributed by atoms with van der Waals surface area (Å²) in [5, 5.41) is 13.8. The summed E-state index contributed by atoms with van der Waals surface area (Å²) < 4.78 is 23.5. The second kappa shape index (κ2) is 14.7. The molecule has 274 valence electrons. The van der Waals surface area contributed by atoms with Gasteiger partial charge >= 0.3 is 0 Å². The van der Waals surface area contributed by atoms with Crippen LogP contribution in [0.4, 0.5) is 15.5 Å². The van der Waals surface area contributed by atoms with Crippen molar-refractivity contribution in [3.63, 3.8) is 0 Å². The van der Waals surface area contributed by atoms with Crippen molar-refractivity contribution in [2.24, 2.45) is 5.92 Å². The van der Waals surface area contributed by atoms with Crippen LogP contribution in [0, 0.1) is 5.92 Å². The standard InChI is InChI=1S/C42H45FN4O5Si/c1-28-40(53(2,3)43)37(24-39(50)46(20-21-48)26-29-12-6-4-7-13-29)52-42(28)34-23-32(45-38(49)22-31-25-44-35-17-11-10-16-33(31)35)18-19-36(34)47(41(42)51)27-30-14-8-5-9-15-30/h4-19,23,25,28,37,40,44,48H,20-22,24,26-27H2,1-3H3,(H,45,49)/t28-,37+,40-,42+/m0/s1. The number of aromatic nitrogens is 1. The van der Waals surface area contributed by atoms with Gasteiger partial charge in [0.05, 0.1) is 37.8 Å². The third kappa shape index (κ3) is 7.04. The minimum absolute atomic E-state index is 0.108. The Morgan fingerprint density at radius 2 is 1.66 bits per heavy atom. The van der Waals surface area contributed by atoms with Crippen molar-refractivity contribution in [1.29, 1.82) is 0 Å². The number of benzene rings is 4. The molecule has 0 radical (unpaired) electrons. The molecule has 1 saturated heterocycles. The molecule has 2 aliphatic heterocycles. The molecule has 53 heavy (non-hydrogen) atoms. The van der Waals surface area contributed by atoms with E-state index in [4.69, 9.17) is 4.74 Å². The number of H-pyrrole nitrogens is 1. The number of aliphatic hydroxyl groups excluding tert-OH is 1. The first-order valence-electron chi connectivity index (χ1n) is 18.1. The molecular formula is C42H45FN4O5Si. The Morgan fingerprint density at radius 1 is 0.981 bits per heavy atom. The molecule has 9 nitrogen and oxygen atoms in total. The Kier molecular flexibility index (Phi) is 10.1. The SMILES string of the molecule is C[C@H]1[C@H]([Si](C)(C)F)[C@@H](CC(=O)N(CCO)Cc2ccccc2)O[C@]12C(=O)N(Cc1ccccc1)c1ccc(NC(=O)Cc3c[nH]c4ccccc34)cc12. The summed E-state index contributed by atoms with van der Waals surface area (Å²) in [6, 6.07) is 32.3. The van der Waals surface area contributed by atoms with Crippen LogP contribution in [0.2, 0.25) is 18.6 Å². The summed E-state index contributed by atoms with van der Waals surface area (Å²) in [7, 11) is -3.57. The summed E-state index contributed by atoms with van der Waals surface area (Å²) in [6.07, 6.45) is 0.933. The summed E-state index contributed by atoms with van der Waals surface area (Å²) in [5.74, 6) is -1.46. The monoisotopic (exact) mass is 732 g/mol. The largest absolute Gasteiger partial charge is 0.395 e. The molecule has 1 aromatic heterocycles. The number of amides is 3. The van der Waals surface area contributed by atoms with E-state index in [2.05, 4.69) is 10.3 Å². The minimum Gasteiger partial charge on any atom is -0.395 e. The van der Waals surface area contributed by atoms with E-state index in [9.17, 15) is 19.5 Å². The van der Waals surface area contributed by atoms with Crippen molar-refractivity contribution < 1.29 is 28.3 Å². The maximum Gasteiger partial charge on any atom is 0.264 e. The summed E-state index contributed by atoms with van der Waals surface area (Å²) in [5.41, 5.74) is 2.99. The van der Waals surface area contributed by atoms with Gasteiger partial charge in [0.25, 0.3) is 5.91 Å². The van der Waals surface area contributed by atoms with Crippen LogP contribution in [0.1, 0.15) is 35.6 Å². The van der Waals surface area contributed by atoms with E-state index >= 15 is 4.11 Å². The number of para-hydroxylation sites is 1. The molecule has 5 aromatic rings. The van der Waals surface area contributed by atoms with Gasteiger partial charge in [-0.05, 0) is 54.0 Å². The first-order chi connectivity index (χ1) is 25.5. The second-order valence-corrected chi connectivity index (χ2v) is 18.5. The first kappa shape index (κ1) is 36.3. The van der Waals surface area contributed by atoms with Crippen LogP contribution < -0.4 is 10.2 Å². The van der Waals surface area contributed by atoms with Gasteiger partial charge < -0.3 is 34.1 Å². The van der Waals surface area contributed by atoms with E-state index in [1.165, 1.54) is 0 Å². The number of halogens is 1. The van der Waals surface area contributed by atoms with Crippen molar-refractivity contribution in [3.8, 4) is 0 Å². The van der Waals surface area contributed by atoms with Gasteiger partial charge in [0, 0.05) is 52.9 Å². The Bertz CT molecular complexity index is 2120. The number of rotatable bonds is 12. The van der Waals surface area contributed by atoms with Crippen LogP contribution in [-0.4, -0.2) is 60.4 Å². The zero-order valence-electron chi connectivity index (χ0n) is 30.2. The molecule has 2 aliphatic rings. The normalized spacial score (nSPS) is 21.0. The van der Waals surface area contributed by atoms with Crippen LogP contribution in [0.15, 0.2) is 109 Å². The van der Waals surface area contributed by atoms with E-state index in [0.29, 0.717) is 16.9 Å². The van der Waals surface area contributed by atoms with Crippen LogP contribution in [0.3, 0.4) is 0 Å². The van der Waals surface area contributed by atoms with Gasteiger partial charge in [-0.1, -0.05) is 85.8 Å². The predicted molar refractivity (Wildman–Crippen MR) is 206 cm³/mol. The number of nitrogens with zero attached hydrogens (tertiary/aromatic N) is 2. The third-order valence-corrected chi connectivity index (χ3v) is 13.2. The van der Waals surface area contributed by atoms with Gasteiger partial charge in [0.1, 0.15) is 0 Å². The number of carbonyl (C=O) groups is 3. The highest BCUT2D eigenvalue weighted by atomic mass is 28.4. The topological polar surface area (TPSA) is 115 Å². The highest BCUT2D eigenvalue weighted by Crippen LogP contribution is 2.60. The smallest absolute Gasteiger partial charge is 0.264 e. The van der Waals surface area contributed by atoms with E-state index in [-0.39, 0.29) is 56.8 Å². The van der Waals surface area contributed by atoms with E-state index < -0.39 is 31.6 Å². The molecule has 0 saturated carbocycles. The van der Waals surface area contributed by atoms with Crippen LogP contribution in [0.25, 0.3) is 10.9 Å². The fourth-order valence-electron chi connectivity index (χ4n) is 8.42.